The van der Waals surface area contributed by atoms with Gasteiger partial charge in [-0.25, -0.2) is 0 Å². The molecule has 0 saturated heterocycles. The summed E-state index contributed by atoms with van der Waals surface area (Å²) in [5.74, 6) is 1.90. The highest BCUT2D eigenvalue weighted by molar-refractivity contribution is 7.99. The van der Waals surface area contributed by atoms with Gasteiger partial charge in [0.25, 0.3) is 0 Å². The topological polar surface area (TPSA) is 17.0 Å². The number of hydrogen-bond acceptors (Lipinski definition) is 2. The molecule has 2 aromatic rings. The van der Waals surface area contributed by atoms with Crippen molar-refractivity contribution in [1.82, 2.24) is 9.88 Å². The Morgan fingerprint density at radius 3 is 2.89 bits per heavy atom. The molecule has 19 heavy (non-hydrogen) atoms. The summed E-state index contributed by atoms with van der Waals surface area (Å²) in [4.78, 5) is 0. The van der Waals surface area contributed by atoms with Gasteiger partial charge in [0.15, 0.2) is 0 Å². The van der Waals surface area contributed by atoms with Crippen LogP contribution in [-0.2, 0) is 0 Å². The number of aromatic nitrogens is 1. The summed E-state index contributed by atoms with van der Waals surface area (Å²) in [7, 11) is 2.06. The molecule has 3 rings (SSSR count). The third-order valence-corrected chi connectivity index (χ3v) is 5.11. The Kier molecular flexibility index (Phi) is 3.59. The first-order valence-electron chi connectivity index (χ1n) is 7.14. The van der Waals surface area contributed by atoms with Gasteiger partial charge in [0.1, 0.15) is 0 Å². The molecule has 0 amide bonds. The van der Waals surface area contributed by atoms with Crippen molar-refractivity contribution in [2.75, 3.05) is 19.3 Å². The van der Waals surface area contributed by atoms with Crippen LogP contribution in [-0.4, -0.2) is 23.9 Å². The Bertz CT molecular complexity index is 586. The molecular formula is C16H22N2S. The standard InChI is InChI=1S/C16H22N2S/c1-11(2)18-14-7-5-4-6-13(14)15-12(10-17-3)8-9-19-16(15)18/h4-7,11-12,17H,8-10H2,1-3H3. The number of hydrogen-bond donors (Lipinski definition) is 1. The molecule has 2 heterocycles. The van der Waals surface area contributed by atoms with Crippen LogP contribution in [0, 0.1) is 0 Å². The fraction of sp³-hybridized carbons (Fsp3) is 0.500. The number of nitrogens with one attached hydrogen (secondary N) is 1. The van der Waals surface area contributed by atoms with Gasteiger partial charge in [0.05, 0.1) is 5.03 Å². The number of nitrogens with zero attached hydrogens (tertiary/aromatic N) is 1. The van der Waals surface area contributed by atoms with E-state index in [2.05, 4.69) is 55.0 Å². The number of fused-ring (bicyclic) bond motifs is 3. The lowest BCUT2D eigenvalue weighted by Crippen LogP contribution is -2.20. The zero-order valence-electron chi connectivity index (χ0n) is 11.9. The van der Waals surface area contributed by atoms with Crippen molar-refractivity contribution in [3.05, 3.63) is 29.8 Å². The van der Waals surface area contributed by atoms with Gasteiger partial charge in [-0.05, 0) is 38.9 Å². The molecule has 1 aromatic carbocycles. The molecule has 1 unspecified atom stereocenters. The van der Waals surface area contributed by atoms with Crippen molar-refractivity contribution < 1.29 is 0 Å². The maximum absolute atomic E-state index is 3.36. The summed E-state index contributed by atoms with van der Waals surface area (Å²) >= 11 is 2.03. The molecule has 1 atom stereocenters. The van der Waals surface area contributed by atoms with Crippen molar-refractivity contribution in [3.8, 4) is 0 Å². The van der Waals surface area contributed by atoms with Crippen LogP contribution in [0.15, 0.2) is 29.3 Å². The molecule has 1 aliphatic rings. The normalized spacial score (nSPS) is 19.1. The molecule has 1 N–H and O–H groups in total. The number of rotatable bonds is 3. The summed E-state index contributed by atoms with van der Waals surface area (Å²) in [6.07, 6.45) is 1.28. The Hall–Kier alpha value is -0.930. The molecule has 0 bridgehead atoms. The molecule has 3 heteroatoms. The average Bonchev–Trinajstić information content (AvgIpc) is 2.74. The highest BCUT2D eigenvalue weighted by Crippen LogP contribution is 2.44. The maximum atomic E-state index is 3.36. The van der Waals surface area contributed by atoms with E-state index < -0.39 is 0 Å². The SMILES string of the molecule is CNCC1CCSc2c1c1ccccc1n2C(C)C. The lowest BCUT2D eigenvalue weighted by Gasteiger charge is -2.24. The number of para-hydroxylation sites is 1. The molecule has 1 aliphatic heterocycles. The van der Waals surface area contributed by atoms with E-state index in [9.17, 15) is 0 Å². The van der Waals surface area contributed by atoms with Crippen molar-refractivity contribution in [2.24, 2.45) is 0 Å². The minimum atomic E-state index is 0.523. The van der Waals surface area contributed by atoms with E-state index in [-0.39, 0.29) is 0 Å². The van der Waals surface area contributed by atoms with Crippen molar-refractivity contribution >= 4 is 22.7 Å². The third-order valence-electron chi connectivity index (χ3n) is 3.98. The van der Waals surface area contributed by atoms with Crippen LogP contribution in [0.5, 0.6) is 0 Å². The van der Waals surface area contributed by atoms with E-state index in [0.29, 0.717) is 12.0 Å². The first-order chi connectivity index (χ1) is 9.24. The monoisotopic (exact) mass is 274 g/mol. The smallest absolute Gasteiger partial charge is 0.0797 e. The van der Waals surface area contributed by atoms with E-state index in [1.807, 2.05) is 11.8 Å². The van der Waals surface area contributed by atoms with Gasteiger partial charge in [-0.2, -0.15) is 0 Å². The van der Waals surface area contributed by atoms with Gasteiger partial charge in [0.2, 0.25) is 0 Å². The molecule has 0 spiro atoms. The van der Waals surface area contributed by atoms with E-state index >= 15 is 0 Å². The minimum absolute atomic E-state index is 0.523. The van der Waals surface area contributed by atoms with E-state index in [1.165, 1.54) is 28.1 Å². The summed E-state index contributed by atoms with van der Waals surface area (Å²) in [5, 5.41) is 6.32. The van der Waals surface area contributed by atoms with Crippen LogP contribution in [0.4, 0.5) is 0 Å². The van der Waals surface area contributed by atoms with Crippen molar-refractivity contribution in [2.45, 2.75) is 37.3 Å². The van der Waals surface area contributed by atoms with Crippen LogP contribution in [0.2, 0.25) is 0 Å². The van der Waals surface area contributed by atoms with Gasteiger partial charge in [-0.1, -0.05) is 18.2 Å². The molecular weight excluding hydrogens is 252 g/mol. The Morgan fingerprint density at radius 2 is 2.16 bits per heavy atom. The summed E-state index contributed by atoms with van der Waals surface area (Å²) in [6.45, 7) is 5.66. The van der Waals surface area contributed by atoms with Gasteiger partial charge >= 0.3 is 0 Å². The molecule has 102 valence electrons. The van der Waals surface area contributed by atoms with Gasteiger partial charge in [0, 0.05) is 35.2 Å². The second-order valence-electron chi connectivity index (χ2n) is 5.59. The lowest BCUT2D eigenvalue weighted by molar-refractivity contribution is 0.545. The fourth-order valence-electron chi connectivity index (χ4n) is 3.21. The Morgan fingerprint density at radius 1 is 1.37 bits per heavy atom. The minimum Gasteiger partial charge on any atom is -0.333 e. The van der Waals surface area contributed by atoms with Gasteiger partial charge in [-0.3, -0.25) is 0 Å². The number of benzene rings is 1. The molecule has 0 aliphatic carbocycles. The highest BCUT2D eigenvalue weighted by atomic mass is 32.2. The molecule has 1 aromatic heterocycles. The van der Waals surface area contributed by atoms with Crippen LogP contribution in [0.25, 0.3) is 10.9 Å². The van der Waals surface area contributed by atoms with E-state index in [1.54, 1.807) is 5.56 Å². The first kappa shape index (κ1) is 13.1. The molecule has 2 nitrogen and oxygen atoms in total. The van der Waals surface area contributed by atoms with Crippen LogP contribution in [0.1, 0.15) is 37.8 Å². The average molecular weight is 274 g/mol. The van der Waals surface area contributed by atoms with Crippen LogP contribution in [0.3, 0.4) is 0 Å². The van der Waals surface area contributed by atoms with Crippen LogP contribution < -0.4 is 5.32 Å². The Labute approximate surface area is 119 Å². The lowest BCUT2D eigenvalue weighted by atomic mass is 9.95. The predicted octanol–water partition coefficient (Wildman–Crippen LogP) is 4.02. The maximum Gasteiger partial charge on any atom is 0.0797 e. The summed E-state index contributed by atoms with van der Waals surface area (Å²) < 4.78 is 2.52. The fourth-order valence-corrected chi connectivity index (χ4v) is 4.69. The second-order valence-corrected chi connectivity index (χ2v) is 6.68. The Balaban J connectivity index is 2.27. The number of thioether (sulfide) groups is 1. The predicted molar refractivity (Wildman–Crippen MR) is 84.3 cm³/mol. The van der Waals surface area contributed by atoms with E-state index in [4.69, 9.17) is 0 Å². The third kappa shape index (κ3) is 2.09. The zero-order chi connectivity index (χ0) is 13.4. The first-order valence-corrected chi connectivity index (χ1v) is 8.12. The molecule has 0 saturated carbocycles. The summed E-state index contributed by atoms with van der Waals surface area (Å²) in [5.41, 5.74) is 2.98. The van der Waals surface area contributed by atoms with Gasteiger partial charge in [-0.15, -0.1) is 11.8 Å². The largest absolute Gasteiger partial charge is 0.333 e. The molecule has 0 fully saturated rings. The van der Waals surface area contributed by atoms with Crippen molar-refractivity contribution in [3.63, 3.8) is 0 Å². The summed E-state index contributed by atoms with van der Waals surface area (Å²) in [6, 6.07) is 9.41. The second kappa shape index (κ2) is 5.22. The highest BCUT2D eigenvalue weighted by Gasteiger charge is 2.28. The zero-order valence-corrected chi connectivity index (χ0v) is 12.8. The van der Waals surface area contributed by atoms with Crippen LogP contribution >= 0.6 is 11.8 Å². The van der Waals surface area contributed by atoms with Gasteiger partial charge < -0.3 is 9.88 Å². The molecule has 0 radical (unpaired) electrons. The van der Waals surface area contributed by atoms with Crippen molar-refractivity contribution in [1.29, 1.82) is 0 Å². The number of likely N-dealkylation sites (N-methyl/N-ethyl adjacent to an activating group) is 1. The quantitative estimate of drug-likeness (QED) is 0.910. The van der Waals surface area contributed by atoms with E-state index in [0.717, 1.165) is 6.54 Å².